The SMILES string of the molecule is CCCCc1noc([C@@H](C)NC[C@H]2CCCn3ccnc32)n1. The first-order chi connectivity index (χ1) is 10.8. The van der Waals surface area contributed by atoms with Crippen molar-refractivity contribution < 1.29 is 4.52 Å². The van der Waals surface area contributed by atoms with Gasteiger partial charge in [0, 0.05) is 37.8 Å². The van der Waals surface area contributed by atoms with E-state index < -0.39 is 0 Å². The predicted molar refractivity (Wildman–Crippen MR) is 83.5 cm³/mol. The molecule has 0 spiro atoms. The van der Waals surface area contributed by atoms with E-state index in [2.05, 4.69) is 45.1 Å². The molecule has 1 N–H and O–H groups in total. The standard InChI is InChI=1S/C16H25N5O/c1-3-4-7-14-19-16(22-20-14)12(2)18-11-13-6-5-9-21-10-8-17-15(13)21/h8,10,12-13,18H,3-7,9,11H2,1-2H3/t12-,13-/m1/s1. The van der Waals surface area contributed by atoms with Crippen LogP contribution in [-0.4, -0.2) is 26.2 Å². The van der Waals surface area contributed by atoms with Crippen LogP contribution in [0.15, 0.2) is 16.9 Å². The Bertz CT molecular complexity index is 591. The van der Waals surface area contributed by atoms with Gasteiger partial charge in [0.25, 0.3) is 0 Å². The van der Waals surface area contributed by atoms with E-state index >= 15 is 0 Å². The van der Waals surface area contributed by atoms with Crippen LogP contribution < -0.4 is 5.32 Å². The quantitative estimate of drug-likeness (QED) is 0.852. The van der Waals surface area contributed by atoms with E-state index in [1.165, 1.54) is 18.7 Å². The number of hydrogen-bond donors (Lipinski definition) is 1. The van der Waals surface area contributed by atoms with Crippen LogP contribution >= 0.6 is 0 Å². The molecule has 0 bridgehead atoms. The molecule has 1 aliphatic heterocycles. The van der Waals surface area contributed by atoms with Crippen molar-refractivity contribution in [2.45, 2.75) is 64.5 Å². The maximum Gasteiger partial charge on any atom is 0.243 e. The Morgan fingerprint density at radius 2 is 2.41 bits per heavy atom. The Kier molecular flexibility index (Phi) is 4.87. The molecule has 6 nitrogen and oxygen atoms in total. The monoisotopic (exact) mass is 303 g/mol. The molecule has 0 aromatic carbocycles. The Morgan fingerprint density at radius 1 is 1.50 bits per heavy atom. The molecule has 0 fully saturated rings. The van der Waals surface area contributed by atoms with E-state index in [0.717, 1.165) is 38.2 Å². The van der Waals surface area contributed by atoms with Crippen molar-refractivity contribution in [3.8, 4) is 0 Å². The third kappa shape index (κ3) is 3.38. The normalized spacial score (nSPS) is 19.1. The van der Waals surface area contributed by atoms with Crippen molar-refractivity contribution in [2.75, 3.05) is 6.54 Å². The van der Waals surface area contributed by atoms with Gasteiger partial charge in [0.2, 0.25) is 5.89 Å². The summed E-state index contributed by atoms with van der Waals surface area (Å²) in [5.74, 6) is 3.16. The zero-order valence-corrected chi connectivity index (χ0v) is 13.5. The summed E-state index contributed by atoms with van der Waals surface area (Å²) in [6.07, 6.45) is 9.51. The number of aromatic nitrogens is 4. The van der Waals surface area contributed by atoms with Crippen LogP contribution in [0.1, 0.15) is 69.0 Å². The third-order valence-corrected chi connectivity index (χ3v) is 4.34. The fourth-order valence-electron chi connectivity index (χ4n) is 2.99. The summed E-state index contributed by atoms with van der Waals surface area (Å²) >= 11 is 0. The number of nitrogens with one attached hydrogen (secondary N) is 1. The Labute approximate surface area is 131 Å². The van der Waals surface area contributed by atoms with E-state index in [0.29, 0.717) is 11.8 Å². The zero-order chi connectivity index (χ0) is 15.4. The second-order valence-electron chi connectivity index (χ2n) is 6.10. The summed E-state index contributed by atoms with van der Waals surface area (Å²) in [5.41, 5.74) is 0. The molecule has 0 radical (unpaired) electrons. The van der Waals surface area contributed by atoms with Crippen LogP contribution in [0.5, 0.6) is 0 Å². The Hall–Kier alpha value is -1.69. The van der Waals surface area contributed by atoms with Crippen molar-refractivity contribution in [3.63, 3.8) is 0 Å². The van der Waals surface area contributed by atoms with Gasteiger partial charge >= 0.3 is 0 Å². The highest BCUT2D eigenvalue weighted by atomic mass is 16.5. The fourth-order valence-corrected chi connectivity index (χ4v) is 2.99. The van der Waals surface area contributed by atoms with Gasteiger partial charge in [-0.2, -0.15) is 4.98 Å². The first-order valence-electron chi connectivity index (χ1n) is 8.34. The maximum absolute atomic E-state index is 5.37. The van der Waals surface area contributed by atoms with E-state index in [1.54, 1.807) is 0 Å². The molecule has 0 amide bonds. The molecule has 0 unspecified atom stereocenters. The molecule has 0 aliphatic carbocycles. The fraction of sp³-hybridized carbons (Fsp3) is 0.688. The van der Waals surface area contributed by atoms with E-state index in [-0.39, 0.29) is 6.04 Å². The van der Waals surface area contributed by atoms with Gasteiger partial charge in [0.15, 0.2) is 5.82 Å². The number of aryl methyl sites for hydroxylation is 2. The van der Waals surface area contributed by atoms with Crippen LogP contribution in [-0.2, 0) is 13.0 Å². The summed E-state index contributed by atoms with van der Waals surface area (Å²) in [6, 6.07) is 0.0771. The number of unbranched alkanes of at least 4 members (excludes halogenated alkanes) is 1. The number of nitrogens with zero attached hydrogens (tertiary/aromatic N) is 4. The first kappa shape index (κ1) is 15.2. The molecule has 2 aromatic heterocycles. The molecule has 120 valence electrons. The molecule has 2 aromatic rings. The van der Waals surface area contributed by atoms with Crippen molar-refractivity contribution in [2.24, 2.45) is 0 Å². The van der Waals surface area contributed by atoms with Crippen LogP contribution in [0.2, 0.25) is 0 Å². The minimum Gasteiger partial charge on any atom is -0.338 e. The molecule has 1 aliphatic rings. The van der Waals surface area contributed by atoms with E-state index in [9.17, 15) is 0 Å². The summed E-state index contributed by atoms with van der Waals surface area (Å²) in [5, 5.41) is 7.57. The third-order valence-electron chi connectivity index (χ3n) is 4.34. The number of hydrogen-bond acceptors (Lipinski definition) is 5. The van der Waals surface area contributed by atoms with Gasteiger partial charge in [0.05, 0.1) is 6.04 Å². The van der Waals surface area contributed by atoms with Gasteiger partial charge in [-0.3, -0.25) is 0 Å². The molecule has 22 heavy (non-hydrogen) atoms. The van der Waals surface area contributed by atoms with Crippen molar-refractivity contribution in [1.29, 1.82) is 0 Å². The highest BCUT2D eigenvalue weighted by Gasteiger charge is 2.23. The molecular formula is C16H25N5O. The zero-order valence-electron chi connectivity index (χ0n) is 13.5. The van der Waals surface area contributed by atoms with Gasteiger partial charge in [-0.15, -0.1) is 0 Å². The second-order valence-corrected chi connectivity index (χ2v) is 6.10. The molecule has 0 saturated carbocycles. The van der Waals surface area contributed by atoms with Crippen molar-refractivity contribution in [1.82, 2.24) is 25.0 Å². The van der Waals surface area contributed by atoms with Gasteiger partial charge in [-0.05, 0) is 26.2 Å². The van der Waals surface area contributed by atoms with Crippen molar-refractivity contribution >= 4 is 0 Å². The second kappa shape index (κ2) is 7.05. The summed E-state index contributed by atoms with van der Waals surface area (Å²) < 4.78 is 7.63. The average Bonchev–Trinajstić information content (AvgIpc) is 3.19. The number of imidazole rings is 1. The lowest BCUT2D eigenvalue weighted by Crippen LogP contribution is -2.28. The Balaban J connectivity index is 1.54. The molecule has 3 rings (SSSR count). The van der Waals surface area contributed by atoms with Crippen LogP contribution in [0, 0.1) is 0 Å². The highest BCUT2D eigenvalue weighted by Crippen LogP contribution is 2.25. The topological polar surface area (TPSA) is 68.8 Å². The van der Waals surface area contributed by atoms with Gasteiger partial charge < -0.3 is 14.4 Å². The van der Waals surface area contributed by atoms with Crippen LogP contribution in [0.4, 0.5) is 0 Å². The lowest BCUT2D eigenvalue weighted by atomic mass is 9.98. The van der Waals surface area contributed by atoms with Gasteiger partial charge in [-0.25, -0.2) is 4.98 Å². The average molecular weight is 303 g/mol. The predicted octanol–water partition coefficient (Wildman–Crippen LogP) is 2.84. The summed E-state index contributed by atoms with van der Waals surface area (Å²) in [6.45, 7) is 6.22. The maximum atomic E-state index is 5.37. The molecular weight excluding hydrogens is 278 g/mol. The summed E-state index contributed by atoms with van der Waals surface area (Å²) in [7, 11) is 0. The van der Waals surface area contributed by atoms with Crippen LogP contribution in [0.3, 0.4) is 0 Å². The summed E-state index contributed by atoms with van der Waals surface area (Å²) in [4.78, 5) is 8.98. The minimum atomic E-state index is 0.0771. The molecule has 0 saturated heterocycles. The lowest BCUT2D eigenvalue weighted by Gasteiger charge is -2.24. The largest absolute Gasteiger partial charge is 0.338 e. The smallest absolute Gasteiger partial charge is 0.243 e. The lowest BCUT2D eigenvalue weighted by molar-refractivity contribution is 0.325. The van der Waals surface area contributed by atoms with E-state index in [4.69, 9.17) is 4.52 Å². The minimum absolute atomic E-state index is 0.0771. The number of rotatable bonds is 7. The highest BCUT2D eigenvalue weighted by molar-refractivity contribution is 5.04. The molecule has 6 heteroatoms. The number of fused-ring (bicyclic) bond motifs is 1. The Morgan fingerprint density at radius 3 is 3.27 bits per heavy atom. The van der Waals surface area contributed by atoms with Crippen molar-refractivity contribution in [3.05, 3.63) is 29.9 Å². The molecule has 2 atom stereocenters. The van der Waals surface area contributed by atoms with Crippen LogP contribution in [0.25, 0.3) is 0 Å². The first-order valence-corrected chi connectivity index (χ1v) is 8.34. The van der Waals surface area contributed by atoms with Gasteiger partial charge in [0.1, 0.15) is 5.82 Å². The molecule has 3 heterocycles. The van der Waals surface area contributed by atoms with Gasteiger partial charge in [-0.1, -0.05) is 18.5 Å². The van der Waals surface area contributed by atoms with E-state index in [1.807, 2.05) is 6.20 Å².